The van der Waals surface area contributed by atoms with Gasteiger partial charge in [-0.15, -0.1) is 0 Å². The second-order valence-electron chi connectivity index (χ2n) is 13.8. The second kappa shape index (κ2) is 13.8. The van der Waals surface area contributed by atoms with Crippen molar-refractivity contribution in [3.8, 4) is 34.5 Å². The van der Waals surface area contributed by atoms with Crippen molar-refractivity contribution in [2.24, 2.45) is 0 Å². The molecule has 0 radical (unpaired) electrons. The van der Waals surface area contributed by atoms with Gasteiger partial charge in [0.15, 0.2) is 13.5 Å². The summed E-state index contributed by atoms with van der Waals surface area (Å²) in [6.07, 6.45) is 0.0601. The molecule has 5 aromatic carbocycles. The lowest BCUT2D eigenvalue weighted by molar-refractivity contribution is -0.122. The normalized spacial score (nSPS) is 16.5. The molecule has 9 rings (SSSR count). The highest BCUT2D eigenvalue weighted by atomic mass is 16.5. The molecule has 0 unspecified atom stereocenters. The summed E-state index contributed by atoms with van der Waals surface area (Å²) < 4.78 is 24.3. The summed E-state index contributed by atoms with van der Waals surface area (Å²) in [5, 5.41) is 0. The van der Waals surface area contributed by atoms with E-state index in [9.17, 15) is 19.2 Å². The molecule has 4 aliphatic heterocycles. The van der Waals surface area contributed by atoms with E-state index in [4.69, 9.17) is 18.9 Å². The molecule has 4 aliphatic rings. The third-order valence-electron chi connectivity index (χ3n) is 10.00. The van der Waals surface area contributed by atoms with Gasteiger partial charge in [-0.3, -0.25) is 19.2 Å². The van der Waals surface area contributed by atoms with E-state index in [-0.39, 0.29) is 36.5 Å². The average molecular weight is 747 g/mol. The van der Waals surface area contributed by atoms with Gasteiger partial charge >= 0.3 is 0 Å². The van der Waals surface area contributed by atoms with E-state index < -0.39 is 0 Å². The third-order valence-corrected chi connectivity index (χ3v) is 10.00. The molecule has 4 heterocycles. The standard InChI is InChI=1S/C44H34N4O8/c1-27-18-41(49)47(43(27)51)33-10-16-39-29(20-33)23-45(25-53-39)31-6-12-35(13-7-31)55-37-4-3-5-38(22-37)56-36-14-8-32(9-15-36)46-24-30-21-34(11-17-40(30)54-26-46)48-42(50)19-28(2)44(48)52/h3-17,20-22H,1-2,18-19,23-26H2. The number of hydrogen-bond donors (Lipinski definition) is 0. The maximum atomic E-state index is 12.5. The van der Waals surface area contributed by atoms with E-state index in [1.807, 2.05) is 84.9 Å². The quantitative estimate of drug-likeness (QED) is 0.116. The first-order valence-corrected chi connectivity index (χ1v) is 17.9. The maximum absolute atomic E-state index is 12.5. The Kier molecular flexibility index (Phi) is 8.49. The Labute approximate surface area is 322 Å². The predicted molar refractivity (Wildman–Crippen MR) is 208 cm³/mol. The first-order valence-electron chi connectivity index (χ1n) is 17.9. The van der Waals surface area contributed by atoms with Gasteiger partial charge < -0.3 is 28.7 Å². The number of hydrogen-bond acceptors (Lipinski definition) is 10. The molecule has 0 bridgehead atoms. The fourth-order valence-electron chi connectivity index (χ4n) is 7.13. The summed E-state index contributed by atoms with van der Waals surface area (Å²) in [7, 11) is 0. The van der Waals surface area contributed by atoms with Crippen LogP contribution in [0.5, 0.6) is 34.5 Å². The maximum Gasteiger partial charge on any atom is 0.260 e. The number of anilines is 4. The largest absolute Gasteiger partial charge is 0.473 e. The molecular formula is C44H34N4O8. The van der Waals surface area contributed by atoms with Crippen LogP contribution in [0.4, 0.5) is 22.7 Å². The van der Waals surface area contributed by atoms with Gasteiger partial charge in [0, 0.05) is 52.8 Å². The number of amides is 4. The Morgan fingerprint density at radius 2 is 0.893 bits per heavy atom. The van der Waals surface area contributed by atoms with Gasteiger partial charge in [0.05, 0.1) is 24.2 Å². The van der Waals surface area contributed by atoms with Gasteiger partial charge in [-0.25, -0.2) is 9.80 Å². The zero-order valence-electron chi connectivity index (χ0n) is 30.1. The van der Waals surface area contributed by atoms with E-state index >= 15 is 0 Å². The Morgan fingerprint density at radius 3 is 1.29 bits per heavy atom. The number of fused-ring (bicyclic) bond motifs is 2. The van der Waals surface area contributed by atoms with Crippen molar-refractivity contribution in [2.75, 3.05) is 33.1 Å². The average Bonchev–Trinajstić information content (AvgIpc) is 3.62. The van der Waals surface area contributed by atoms with Crippen molar-refractivity contribution < 1.29 is 38.1 Å². The van der Waals surface area contributed by atoms with Crippen LogP contribution < -0.4 is 38.5 Å². The van der Waals surface area contributed by atoms with E-state index in [2.05, 4.69) is 23.0 Å². The van der Waals surface area contributed by atoms with Crippen molar-refractivity contribution in [1.29, 1.82) is 0 Å². The van der Waals surface area contributed by atoms with E-state index in [1.54, 1.807) is 24.3 Å². The Balaban J connectivity index is 0.818. The summed E-state index contributed by atoms with van der Waals surface area (Å²) >= 11 is 0. The van der Waals surface area contributed by atoms with E-state index in [0.717, 1.165) is 22.5 Å². The van der Waals surface area contributed by atoms with Crippen LogP contribution in [0.2, 0.25) is 0 Å². The molecular weight excluding hydrogens is 713 g/mol. The lowest BCUT2D eigenvalue weighted by atomic mass is 10.1. The number of ether oxygens (including phenoxy) is 4. The number of benzene rings is 5. The lowest BCUT2D eigenvalue weighted by Crippen LogP contribution is -2.33. The highest BCUT2D eigenvalue weighted by molar-refractivity contribution is 6.28. The van der Waals surface area contributed by atoms with Crippen LogP contribution in [0.1, 0.15) is 24.0 Å². The van der Waals surface area contributed by atoms with Crippen molar-refractivity contribution in [2.45, 2.75) is 25.9 Å². The molecule has 0 atom stereocenters. The molecule has 12 heteroatoms. The summed E-state index contributed by atoms with van der Waals surface area (Å²) in [5.74, 6) is 2.61. The third kappa shape index (κ3) is 6.47. The molecule has 0 aliphatic carbocycles. The van der Waals surface area contributed by atoms with E-state index in [1.165, 1.54) is 9.80 Å². The van der Waals surface area contributed by atoms with Gasteiger partial charge in [-0.1, -0.05) is 19.2 Å². The van der Waals surface area contributed by atoms with Crippen LogP contribution in [-0.4, -0.2) is 37.1 Å². The Morgan fingerprint density at radius 1 is 0.482 bits per heavy atom. The first-order chi connectivity index (χ1) is 27.2. The summed E-state index contributed by atoms with van der Waals surface area (Å²) in [5.41, 5.74) is 5.16. The van der Waals surface area contributed by atoms with Crippen LogP contribution >= 0.6 is 0 Å². The highest BCUT2D eigenvalue weighted by Gasteiger charge is 2.35. The minimum atomic E-state index is -0.370. The summed E-state index contributed by atoms with van der Waals surface area (Å²) in [6, 6.07) is 33.4. The number of rotatable bonds is 8. The van der Waals surface area contributed by atoms with Crippen molar-refractivity contribution in [3.05, 3.63) is 145 Å². The first kappa shape index (κ1) is 34.4. The minimum absolute atomic E-state index is 0.0301. The van der Waals surface area contributed by atoms with Gasteiger partial charge in [-0.2, -0.15) is 0 Å². The molecule has 4 amide bonds. The summed E-state index contributed by atoms with van der Waals surface area (Å²) in [4.78, 5) is 56.3. The van der Waals surface area contributed by atoms with Crippen LogP contribution in [0.25, 0.3) is 0 Å². The number of carbonyl (C=O) groups excluding carboxylic acids is 4. The molecule has 2 saturated heterocycles. The fourth-order valence-corrected chi connectivity index (χ4v) is 7.13. The molecule has 2 fully saturated rings. The smallest absolute Gasteiger partial charge is 0.260 e. The van der Waals surface area contributed by atoms with Crippen molar-refractivity contribution in [1.82, 2.24) is 0 Å². The summed E-state index contributed by atoms with van der Waals surface area (Å²) in [6.45, 7) is 9.16. The predicted octanol–water partition coefficient (Wildman–Crippen LogP) is 7.62. The molecule has 56 heavy (non-hydrogen) atoms. The molecule has 278 valence electrons. The molecule has 0 saturated carbocycles. The van der Waals surface area contributed by atoms with Crippen LogP contribution in [-0.2, 0) is 32.3 Å². The lowest BCUT2D eigenvalue weighted by Gasteiger charge is -2.31. The molecule has 0 N–H and O–H groups in total. The van der Waals surface area contributed by atoms with Gasteiger partial charge in [0.2, 0.25) is 11.8 Å². The zero-order chi connectivity index (χ0) is 38.5. The van der Waals surface area contributed by atoms with Gasteiger partial charge in [0.1, 0.15) is 34.5 Å². The highest BCUT2D eigenvalue weighted by Crippen LogP contribution is 2.37. The topological polar surface area (TPSA) is 118 Å². The van der Waals surface area contributed by atoms with Gasteiger partial charge in [-0.05, 0) is 97.1 Å². The van der Waals surface area contributed by atoms with Crippen molar-refractivity contribution in [3.63, 3.8) is 0 Å². The number of nitrogens with zero attached hydrogens (tertiary/aromatic N) is 4. The van der Waals surface area contributed by atoms with Crippen LogP contribution in [0, 0.1) is 0 Å². The molecule has 5 aromatic rings. The van der Waals surface area contributed by atoms with Gasteiger partial charge in [0.25, 0.3) is 11.8 Å². The number of imide groups is 2. The van der Waals surface area contributed by atoms with Crippen molar-refractivity contribution >= 4 is 46.4 Å². The van der Waals surface area contributed by atoms with Crippen LogP contribution in [0.3, 0.4) is 0 Å². The number of carbonyl (C=O) groups is 4. The second-order valence-corrected chi connectivity index (χ2v) is 13.8. The fraction of sp³-hybridized carbons (Fsp3) is 0.136. The Bertz CT molecular complexity index is 2310. The molecule has 0 aromatic heterocycles. The Hall–Kier alpha value is -7.34. The minimum Gasteiger partial charge on any atom is -0.473 e. The SMILES string of the molecule is C=C1CC(=O)N(c2ccc3c(c2)CN(c2ccc(Oc4cccc(Oc5ccc(N6COc7ccc(N8C(=O)CC(=C)C8=O)cc7C6)cc5)c4)cc2)CO3)C1=O. The molecule has 0 spiro atoms. The molecule has 12 nitrogen and oxygen atoms in total. The van der Waals surface area contributed by atoms with E-state index in [0.29, 0.717) is 83.6 Å². The zero-order valence-corrected chi connectivity index (χ0v) is 30.1. The monoisotopic (exact) mass is 746 g/mol. The van der Waals surface area contributed by atoms with Crippen LogP contribution in [0.15, 0.2) is 133 Å².